The number of hydrogen-bond acceptors (Lipinski definition) is 5. The number of para-hydroxylation sites is 1. The van der Waals surface area contributed by atoms with E-state index in [1.165, 1.54) is 12.1 Å². The molecule has 0 unspecified atom stereocenters. The number of piperazine rings is 1. The maximum atomic E-state index is 12.6. The highest BCUT2D eigenvalue weighted by molar-refractivity contribution is 5.78. The van der Waals surface area contributed by atoms with E-state index in [4.69, 9.17) is 4.74 Å². The minimum atomic E-state index is -4.37. The van der Waals surface area contributed by atoms with Crippen LogP contribution < -0.4 is 10.1 Å². The Labute approximate surface area is 185 Å². The molecule has 1 atom stereocenters. The molecule has 0 aliphatic carbocycles. The van der Waals surface area contributed by atoms with Crippen LogP contribution in [0.4, 0.5) is 13.2 Å². The van der Waals surface area contributed by atoms with E-state index in [0.29, 0.717) is 25.2 Å². The standard InChI is InChI=1S/C23H28F3N3O3/c24-23(25,26)19-8-6-18(7-9-19)14-27-22(31)16-29-12-10-28(11-13-29)15-20(30)17-32-21-4-2-1-3-5-21/h1-9,20,30H,10-17H2,(H,27,31)/t20-/m1/s1. The zero-order valence-corrected chi connectivity index (χ0v) is 17.7. The summed E-state index contributed by atoms with van der Waals surface area (Å²) in [6.45, 7) is 3.99. The molecule has 2 aromatic carbocycles. The summed E-state index contributed by atoms with van der Waals surface area (Å²) in [5.74, 6) is 0.549. The third kappa shape index (κ3) is 7.81. The lowest BCUT2D eigenvalue weighted by atomic mass is 10.1. The van der Waals surface area contributed by atoms with Crippen molar-refractivity contribution in [3.05, 3.63) is 65.7 Å². The van der Waals surface area contributed by atoms with Gasteiger partial charge < -0.3 is 15.2 Å². The molecule has 0 spiro atoms. The minimum absolute atomic E-state index is 0.172. The van der Waals surface area contributed by atoms with Gasteiger partial charge in [-0.15, -0.1) is 0 Å². The molecule has 6 nitrogen and oxygen atoms in total. The highest BCUT2D eigenvalue weighted by atomic mass is 19.4. The molecule has 3 rings (SSSR count). The number of carbonyl (C=O) groups is 1. The number of rotatable bonds is 9. The first-order valence-electron chi connectivity index (χ1n) is 10.5. The van der Waals surface area contributed by atoms with Crippen LogP contribution in [-0.2, 0) is 17.5 Å². The maximum absolute atomic E-state index is 12.6. The Morgan fingerprint density at radius 3 is 2.25 bits per heavy atom. The van der Waals surface area contributed by atoms with Gasteiger partial charge in [-0.25, -0.2) is 0 Å². The first-order valence-corrected chi connectivity index (χ1v) is 10.5. The zero-order valence-electron chi connectivity index (χ0n) is 17.7. The Hall–Kier alpha value is -2.62. The van der Waals surface area contributed by atoms with Crippen LogP contribution in [-0.4, -0.2) is 72.8 Å². The van der Waals surface area contributed by atoms with E-state index < -0.39 is 17.8 Å². The molecular formula is C23H28F3N3O3. The number of aliphatic hydroxyl groups is 1. The first kappa shape index (κ1) is 24.0. The fourth-order valence-electron chi connectivity index (χ4n) is 3.46. The molecule has 1 fully saturated rings. The molecule has 2 N–H and O–H groups in total. The van der Waals surface area contributed by atoms with Gasteiger partial charge in [-0.2, -0.15) is 13.2 Å². The second-order valence-electron chi connectivity index (χ2n) is 7.83. The Kier molecular flexibility index (Phi) is 8.49. The van der Waals surface area contributed by atoms with Crippen molar-refractivity contribution in [1.82, 2.24) is 15.1 Å². The molecule has 1 aliphatic heterocycles. The lowest BCUT2D eigenvalue weighted by Gasteiger charge is -2.35. The van der Waals surface area contributed by atoms with Gasteiger partial charge in [0.25, 0.3) is 0 Å². The predicted octanol–water partition coefficient (Wildman–Crippen LogP) is 2.38. The number of halogens is 3. The molecule has 1 heterocycles. The second kappa shape index (κ2) is 11.3. The molecule has 2 aromatic rings. The molecule has 32 heavy (non-hydrogen) atoms. The maximum Gasteiger partial charge on any atom is 0.416 e. The van der Waals surface area contributed by atoms with Gasteiger partial charge in [0.2, 0.25) is 5.91 Å². The number of aliphatic hydroxyl groups excluding tert-OH is 1. The quantitative estimate of drug-likeness (QED) is 0.613. The lowest BCUT2D eigenvalue weighted by Crippen LogP contribution is -2.51. The Balaban J connectivity index is 1.31. The smallest absolute Gasteiger partial charge is 0.416 e. The van der Waals surface area contributed by atoms with Crippen molar-refractivity contribution < 1.29 is 27.8 Å². The lowest BCUT2D eigenvalue weighted by molar-refractivity contribution is -0.137. The van der Waals surface area contributed by atoms with E-state index >= 15 is 0 Å². The fourth-order valence-corrected chi connectivity index (χ4v) is 3.46. The summed E-state index contributed by atoms with van der Waals surface area (Å²) >= 11 is 0. The zero-order chi connectivity index (χ0) is 23.0. The van der Waals surface area contributed by atoms with Gasteiger partial charge in [-0.1, -0.05) is 30.3 Å². The summed E-state index contributed by atoms with van der Waals surface area (Å²) in [5.41, 5.74) is -0.0925. The van der Waals surface area contributed by atoms with Crippen LogP contribution in [0.3, 0.4) is 0 Å². The number of amides is 1. The van der Waals surface area contributed by atoms with Gasteiger partial charge in [0, 0.05) is 39.3 Å². The molecule has 1 saturated heterocycles. The van der Waals surface area contributed by atoms with Crippen molar-refractivity contribution >= 4 is 5.91 Å². The topological polar surface area (TPSA) is 65.0 Å². The molecule has 174 valence electrons. The normalized spacial score (nSPS) is 16.5. The predicted molar refractivity (Wildman–Crippen MR) is 114 cm³/mol. The largest absolute Gasteiger partial charge is 0.491 e. The summed E-state index contributed by atoms with van der Waals surface area (Å²) < 4.78 is 43.4. The van der Waals surface area contributed by atoms with Crippen LogP contribution in [0.15, 0.2) is 54.6 Å². The van der Waals surface area contributed by atoms with Crippen LogP contribution >= 0.6 is 0 Å². The molecule has 0 bridgehead atoms. The molecular weight excluding hydrogens is 423 g/mol. The summed E-state index contributed by atoms with van der Waals surface area (Å²) in [6, 6.07) is 14.1. The van der Waals surface area contributed by atoms with Crippen molar-refractivity contribution in [3.8, 4) is 5.75 Å². The molecule has 1 aliphatic rings. The van der Waals surface area contributed by atoms with E-state index in [2.05, 4.69) is 10.2 Å². The number of carbonyl (C=O) groups excluding carboxylic acids is 1. The number of hydrogen-bond donors (Lipinski definition) is 2. The summed E-state index contributed by atoms with van der Waals surface area (Å²) in [7, 11) is 0. The number of ether oxygens (including phenoxy) is 1. The van der Waals surface area contributed by atoms with Crippen LogP contribution in [0, 0.1) is 0 Å². The number of benzene rings is 2. The Morgan fingerprint density at radius 1 is 1.00 bits per heavy atom. The van der Waals surface area contributed by atoms with Gasteiger partial charge in [0.05, 0.1) is 12.1 Å². The molecule has 9 heteroatoms. The highest BCUT2D eigenvalue weighted by Gasteiger charge is 2.30. The third-order valence-electron chi connectivity index (χ3n) is 5.26. The van der Waals surface area contributed by atoms with Crippen LogP contribution in [0.25, 0.3) is 0 Å². The summed E-state index contributed by atoms with van der Waals surface area (Å²) in [5, 5.41) is 13.0. The van der Waals surface area contributed by atoms with Gasteiger partial charge >= 0.3 is 6.18 Å². The van der Waals surface area contributed by atoms with Crippen LogP contribution in [0.2, 0.25) is 0 Å². The Bertz CT molecular complexity index is 839. The van der Waals surface area contributed by atoms with Crippen molar-refractivity contribution in [1.29, 1.82) is 0 Å². The van der Waals surface area contributed by atoms with Crippen LogP contribution in [0.1, 0.15) is 11.1 Å². The van der Waals surface area contributed by atoms with E-state index in [-0.39, 0.29) is 25.6 Å². The van der Waals surface area contributed by atoms with Gasteiger partial charge in [-0.05, 0) is 29.8 Å². The number of alkyl halides is 3. The Morgan fingerprint density at radius 2 is 1.62 bits per heavy atom. The summed E-state index contributed by atoms with van der Waals surface area (Å²) in [6.07, 6.45) is -4.97. The number of β-amino-alcohol motifs (C(OH)–C–C–N with tert-alkyl or cyclic N) is 1. The SMILES string of the molecule is O=C(CN1CCN(C[C@@H](O)COc2ccccc2)CC1)NCc1ccc(C(F)(F)F)cc1. The van der Waals surface area contributed by atoms with Crippen LogP contribution in [0.5, 0.6) is 5.75 Å². The van der Waals surface area contributed by atoms with E-state index in [9.17, 15) is 23.1 Å². The summed E-state index contributed by atoms with van der Waals surface area (Å²) in [4.78, 5) is 16.3. The molecule has 1 amide bonds. The van der Waals surface area contributed by atoms with Crippen molar-refractivity contribution in [3.63, 3.8) is 0 Å². The molecule has 0 radical (unpaired) electrons. The van der Waals surface area contributed by atoms with Gasteiger partial charge in [0.1, 0.15) is 18.5 Å². The number of nitrogens with one attached hydrogen (secondary N) is 1. The highest BCUT2D eigenvalue weighted by Crippen LogP contribution is 2.29. The third-order valence-corrected chi connectivity index (χ3v) is 5.26. The first-order chi connectivity index (χ1) is 15.3. The second-order valence-corrected chi connectivity index (χ2v) is 7.83. The monoisotopic (exact) mass is 451 g/mol. The molecule has 0 aromatic heterocycles. The van der Waals surface area contributed by atoms with E-state index in [1.807, 2.05) is 35.2 Å². The van der Waals surface area contributed by atoms with Crippen molar-refractivity contribution in [2.75, 3.05) is 45.9 Å². The van der Waals surface area contributed by atoms with E-state index in [0.717, 1.165) is 31.0 Å². The van der Waals surface area contributed by atoms with Gasteiger partial charge in [-0.3, -0.25) is 14.6 Å². The van der Waals surface area contributed by atoms with Crippen molar-refractivity contribution in [2.45, 2.75) is 18.8 Å². The fraction of sp³-hybridized carbons (Fsp3) is 0.435. The number of nitrogens with zero attached hydrogens (tertiary/aromatic N) is 2. The van der Waals surface area contributed by atoms with E-state index in [1.54, 1.807) is 0 Å². The average Bonchev–Trinajstić information content (AvgIpc) is 2.78. The average molecular weight is 451 g/mol. The minimum Gasteiger partial charge on any atom is -0.491 e. The molecule has 0 saturated carbocycles. The van der Waals surface area contributed by atoms with Gasteiger partial charge in [0.15, 0.2) is 0 Å². The van der Waals surface area contributed by atoms with Crippen molar-refractivity contribution in [2.24, 2.45) is 0 Å².